The second-order valence-electron chi connectivity index (χ2n) is 4.11. The summed E-state index contributed by atoms with van der Waals surface area (Å²) in [5.41, 5.74) is 6.74. The number of carbonyl (C=O) groups excluding carboxylic acids is 1. The summed E-state index contributed by atoms with van der Waals surface area (Å²) in [6.45, 7) is 0.494. The van der Waals surface area contributed by atoms with Crippen LogP contribution in [0.4, 0.5) is 5.69 Å². The predicted molar refractivity (Wildman–Crippen MR) is 66.9 cm³/mol. The Morgan fingerprint density at radius 2 is 2.28 bits per heavy atom. The van der Waals surface area contributed by atoms with E-state index in [1.54, 1.807) is 34.9 Å². The SMILES string of the molecule is Cn1cnc(CCNC(=O)c2cc(N)cn2C)n1. The summed E-state index contributed by atoms with van der Waals surface area (Å²) in [5.74, 6) is 0.564. The average Bonchev–Trinajstić information content (AvgIpc) is 2.85. The monoisotopic (exact) mass is 248 g/mol. The minimum absolute atomic E-state index is 0.148. The first-order chi connectivity index (χ1) is 8.56. The first-order valence-electron chi connectivity index (χ1n) is 5.61. The van der Waals surface area contributed by atoms with Crippen molar-refractivity contribution in [2.24, 2.45) is 14.1 Å². The van der Waals surface area contributed by atoms with Gasteiger partial charge >= 0.3 is 0 Å². The lowest BCUT2D eigenvalue weighted by Gasteiger charge is -2.04. The second-order valence-corrected chi connectivity index (χ2v) is 4.11. The number of hydrogen-bond donors (Lipinski definition) is 2. The molecular formula is C11H16N6O. The van der Waals surface area contributed by atoms with Gasteiger partial charge in [-0.15, -0.1) is 0 Å². The van der Waals surface area contributed by atoms with Crippen LogP contribution in [0.1, 0.15) is 16.3 Å². The van der Waals surface area contributed by atoms with E-state index in [9.17, 15) is 4.79 Å². The Labute approximate surface area is 105 Å². The second kappa shape index (κ2) is 4.91. The molecule has 3 N–H and O–H groups in total. The van der Waals surface area contributed by atoms with Crippen molar-refractivity contribution >= 4 is 11.6 Å². The Balaban J connectivity index is 1.87. The molecule has 7 nitrogen and oxygen atoms in total. The smallest absolute Gasteiger partial charge is 0.267 e. The van der Waals surface area contributed by atoms with Gasteiger partial charge in [-0.3, -0.25) is 9.48 Å². The zero-order valence-electron chi connectivity index (χ0n) is 10.4. The number of aryl methyl sites for hydroxylation is 2. The first-order valence-corrected chi connectivity index (χ1v) is 5.61. The van der Waals surface area contributed by atoms with Crippen LogP contribution in [0.3, 0.4) is 0 Å². The summed E-state index contributed by atoms with van der Waals surface area (Å²) >= 11 is 0. The molecule has 2 rings (SSSR count). The van der Waals surface area contributed by atoms with Crippen LogP contribution in [0, 0.1) is 0 Å². The molecule has 0 bridgehead atoms. The van der Waals surface area contributed by atoms with E-state index < -0.39 is 0 Å². The highest BCUT2D eigenvalue weighted by molar-refractivity contribution is 5.93. The normalized spacial score (nSPS) is 10.6. The third-order valence-corrected chi connectivity index (χ3v) is 2.54. The number of nitrogens with two attached hydrogens (primary N) is 1. The molecule has 0 aliphatic carbocycles. The minimum atomic E-state index is -0.148. The Hall–Kier alpha value is -2.31. The number of anilines is 1. The maximum atomic E-state index is 11.8. The van der Waals surface area contributed by atoms with E-state index >= 15 is 0 Å². The molecule has 0 atom stereocenters. The Kier molecular flexibility index (Phi) is 3.31. The number of aromatic nitrogens is 4. The van der Waals surface area contributed by atoms with E-state index in [0.717, 1.165) is 0 Å². The van der Waals surface area contributed by atoms with Gasteiger partial charge in [-0.2, -0.15) is 5.10 Å². The number of amides is 1. The molecule has 7 heteroatoms. The van der Waals surface area contributed by atoms with Gasteiger partial charge in [-0.05, 0) is 6.07 Å². The highest BCUT2D eigenvalue weighted by Gasteiger charge is 2.10. The molecule has 0 aliphatic heterocycles. The molecule has 1 amide bonds. The van der Waals surface area contributed by atoms with Crippen LogP contribution in [0.5, 0.6) is 0 Å². The van der Waals surface area contributed by atoms with Gasteiger partial charge in [0.15, 0.2) is 5.82 Å². The van der Waals surface area contributed by atoms with Gasteiger partial charge in [0.1, 0.15) is 12.0 Å². The van der Waals surface area contributed by atoms with Crippen molar-refractivity contribution in [2.45, 2.75) is 6.42 Å². The van der Waals surface area contributed by atoms with Crippen molar-refractivity contribution in [2.75, 3.05) is 12.3 Å². The van der Waals surface area contributed by atoms with Crippen molar-refractivity contribution < 1.29 is 4.79 Å². The van der Waals surface area contributed by atoms with Crippen molar-refractivity contribution in [3.8, 4) is 0 Å². The molecule has 2 aromatic heterocycles. The Morgan fingerprint density at radius 1 is 1.50 bits per heavy atom. The quantitative estimate of drug-likeness (QED) is 0.777. The zero-order valence-corrected chi connectivity index (χ0v) is 10.4. The van der Waals surface area contributed by atoms with Gasteiger partial charge in [0.2, 0.25) is 0 Å². The van der Waals surface area contributed by atoms with E-state index in [1.165, 1.54) is 0 Å². The maximum absolute atomic E-state index is 11.8. The third-order valence-electron chi connectivity index (χ3n) is 2.54. The summed E-state index contributed by atoms with van der Waals surface area (Å²) in [6.07, 6.45) is 3.94. The Bertz CT molecular complexity index is 556. The zero-order chi connectivity index (χ0) is 13.1. The van der Waals surface area contributed by atoms with Crippen molar-refractivity contribution in [1.82, 2.24) is 24.6 Å². The Morgan fingerprint density at radius 3 is 2.83 bits per heavy atom. The maximum Gasteiger partial charge on any atom is 0.267 e. The molecule has 0 saturated heterocycles. The highest BCUT2D eigenvalue weighted by atomic mass is 16.1. The number of carbonyl (C=O) groups is 1. The number of rotatable bonds is 4. The van der Waals surface area contributed by atoms with E-state index in [1.807, 2.05) is 7.05 Å². The topological polar surface area (TPSA) is 90.8 Å². The molecule has 2 aromatic rings. The fourth-order valence-corrected chi connectivity index (χ4v) is 1.69. The standard InChI is InChI=1S/C11H16N6O/c1-16-6-8(12)5-9(16)11(18)13-4-3-10-14-7-17(2)15-10/h5-7H,3-4,12H2,1-2H3,(H,13,18). The van der Waals surface area contributed by atoms with Crippen LogP contribution < -0.4 is 11.1 Å². The number of nitrogens with zero attached hydrogens (tertiary/aromatic N) is 4. The van der Waals surface area contributed by atoms with E-state index in [-0.39, 0.29) is 5.91 Å². The molecule has 0 spiro atoms. The van der Waals surface area contributed by atoms with Crippen LogP contribution in [0.15, 0.2) is 18.6 Å². The molecule has 0 radical (unpaired) electrons. The lowest BCUT2D eigenvalue weighted by atomic mass is 10.3. The molecule has 96 valence electrons. The lowest BCUT2D eigenvalue weighted by Crippen LogP contribution is -2.27. The minimum Gasteiger partial charge on any atom is -0.397 e. The first kappa shape index (κ1) is 12.2. The lowest BCUT2D eigenvalue weighted by molar-refractivity contribution is 0.0946. The van der Waals surface area contributed by atoms with Gasteiger partial charge in [0.25, 0.3) is 5.91 Å². The summed E-state index contributed by atoms with van der Waals surface area (Å²) in [4.78, 5) is 15.9. The van der Waals surface area contributed by atoms with Crippen molar-refractivity contribution in [1.29, 1.82) is 0 Å². The van der Waals surface area contributed by atoms with Gasteiger partial charge in [-0.1, -0.05) is 0 Å². The third kappa shape index (κ3) is 2.68. The van der Waals surface area contributed by atoms with Crippen LogP contribution in [-0.2, 0) is 20.5 Å². The fraction of sp³-hybridized carbons (Fsp3) is 0.364. The molecule has 18 heavy (non-hydrogen) atoms. The number of nitrogens with one attached hydrogen (secondary N) is 1. The fourth-order valence-electron chi connectivity index (χ4n) is 1.69. The summed E-state index contributed by atoms with van der Waals surface area (Å²) < 4.78 is 3.33. The van der Waals surface area contributed by atoms with Crippen molar-refractivity contribution in [3.05, 3.63) is 30.1 Å². The highest BCUT2D eigenvalue weighted by Crippen LogP contribution is 2.08. The van der Waals surface area contributed by atoms with E-state index in [2.05, 4.69) is 15.4 Å². The van der Waals surface area contributed by atoms with Gasteiger partial charge < -0.3 is 15.6 Å². The van der Waals surface area contributed by atoms with Crippen LogP contribution in [0.2, 0.25) is 0 Å². The van der Waals surface area contributed by atoms with Gasteiger partial charge in [0.05, 0.1) is 5.69 Å². The molecule has 0 saturated carbocycles. The van der Waals surface area contributed by atoms with Crippen LogP contribution in [0.25, 0.3) is 0 Å². The van der Waals surface area contributed by atoms with E-state index in [4.69, 9.17) is 5.73 Å². The van der Waals surface area contributed by atoms with Gasteiger partial charge in [0, 0.05) is 33.3 Å². The van der Waals surface area contributed by atoms with Gasteiger partial charge in [-0.25, -0.2) is 4.98 Å². The molecule has 0 unspecified atom stereocenters. The largest absolute Gasteiger partial charge is 0.397 e. The molecule has 0 aliphatic rings. The molecular weight excluding hydrogens is 232 g/mol. The van der Waals surface area contributed by atoms with Crippen molar-refractivity contribution in [3.63, 3.8) is 0 Å². The molecule has 2 heterocycles. The summed E-state index contributed by atoms with van der Waals surface area (Å²) in [5, 5.41) is 6.94. The average molecular weight is 248 g/mol. The number of hydrogen-bond acceptors (Lipinski definition) is 4. The summed E-state index contributed by atoms with van der Waals surface area (Å²) in [6, 6.07) is 1.65. The molecule has 0 aromatic carbocycles. The predicted octanol–water partition coefficient (Wildman–Crippen LogP) is -0.292. The van der Waals surface area contributed by atoms with Crippen LogP contribution in [-0.4, -0.2) is 31.8 Å². The summed E-state index contributed by atoms with van der Waals surface area (Å²) in [7, 11) is 3.59. The van der Waals surface area contributed by atoms with Crippen LogP contribution >= 0.6 is 0 Å². The number of nitrogen functional groups attached to an aromatic ring is 1. The molecule has 0 fully saturated rings. The van der Waals surface area contributed by atoms with E-state index in [0.29, 0.717) is 30.2 Å².